The van der Waals surface area contributed by atoms with Crippen molar-refractivity contribution >= 4 is 29.9 Å². The van der Waals surface area contributed by atoms with E-state index in [1.807, 2.05) is 24.3 Å². The third kappa shape index (κ3) is 6.28. The lowest BCUT2D eigenvalue weighted by atomic mass is 10.1. The Hall–Kier alpha value is -4.18. The molecule has 0 saturated heterocycles. The van der Waals surface area contributed by atoms with Gasteiger partial charge in [-0.2, -0.15) is 0 Å². The van der Waals surface area contributed by atoms with Crippen molar-refractivity contribution in [3.63, 3.8) is 0 Å². The molecule has 0 amide bonds. The molecule has 0 bridgehead atoms. The number of hydrogen-bond donors (Lipinski definition) is 0. The number of rotatable bonds is 9. The van der Waals surface area contributed by atoms with Crippen LogP contribution in [0.2, 0.25) is 0 Å². The predicted octanol–water partition coefficient (Wildman–Crippen LogP) is 5.90. The molecule has 184 valence electrons. The van der Waals surface area contributed by atoms with Crippen LogP contribution in [0, 0.1) is 11.6 Å². The van der Waals surface area contributed by atoms with E-state index in [9.17, 15) is 13.6 Å². The number of esters is 1. The number of aromatic nitrogens is 2. The summed E-state index contributed by atoms with van der Waals surface area (Å²) >= 11 is 0.898. The highest BCUT2D eigenvalue weighted by Crippen LogP contribution is 2.28. The third-order valence-corrected chi connectivity index (χ3v) is 5.64. The molecule has 4 aromatic rings. The van der Waals surface area contributed by atoms with Crippen LogP contribution in [0.3, 0.4) is 0 Å². The molecule has 0 atom stereocenters. The molecule has 10 heteroatoms. The Morgan fingerprint density at radius 3 is 2.17 bits per heavy atom. The number of nitrogens with zero attached hydrogens (tertiary/aromatic N) is 2. The maximum absolute atomic E-state index is 13.9. The van der Waals surface area contributed by atoms with Crippen molar-refractivity contribution in [1.29, 1.82) is 0 Å². The fraction of sp³-hybridized carbons (Fsp3) is 0.115. The first-order chi connectivity index (χ1) is 17.4. The number of methoxy groups -OCH3 is 2. The van der Waals surface area contributed by atoms with E-state index in [-0.39, 0.29) is 16.9 Å². The number of carbonyl (C=O) groups excluding carboxylic acids is 1. The summed E-state index contributed by atoms with van der Waals surface area (Å²) in [7, 11) is 3.18. The Morgan fingerprint density at radius 2 is 1.53 bits per heavy atom. The first-order valence-corrected chi connectivity index (χ1v) is 11.6. The predicted molar refractivity (Wildman–Crippen MR) is 131 cm³/mol. The van der Waals surface area contributed by atoms with Gasteiger partial charge in [0.05, 0.1) is 14.2 Å². The average Bonchev–Trinajstić information content (AvgIpc) is 3.35. The molecule has 0 saturated carbocycles. The highest BCUT2D eigenvalue weighted by molar-refractivity contribution is 7.99. The van der Waals surface area contributed by atoms with Gasteiger partial charge in [0.15, 0.2) is 0 Å². The molecule has 0 unspecified atom stereocenters. The van der Waals surface area contributed by atoms with Crippen LogP contribution in [0.4, 0.5) is 8.78 Å². The van der Waals surface area contributed by atoms with E-state index in [0.29, 0.717) is 17.2 Å². The molecular weight excluding hydrogens is 490 g/mol. The molecule has 0 radical (unpaired) electrons. The zero-order chi connectivity index (χ0) is 25.5. The minimum atomic E-state index is -0.823. The second kappa shape index (κ2) is 11.5. The summed E-state index contributed by atoms with van der Waals surface area (Å²) in [6.07, 6.45) is 3.82. The van der Waals surface area contributed by atoms with Gasteiger partial charge in [-0.05, 0) is 47.5 Å². The van der Waals surface area contributed by atoms with Crippen molar-refractivity contribution in [2.24, 2.45) is 0 Å². The van der Waals surface area contributed by atoms with Crippen LogP contribution in [0.5, 0.6) is 17.2 Å². The summed E-state index contributed by atoms with van der Waals surface area (Å²) in [5.74, 6) is -0.912. The number of thioether (sulfide) groups is 1. The van der Waals surface area contributed by atoms with Crippen molar-refractivity contribution < 1.29 is 32.2 Å². The van der Waals surface area contributed by atoms with Crippen molar-refractivity contribution in [3.05, 3.63) is 83.4 Å². The van der Waals surface area contributed by atoms with Crippen LogP contribution in [0.25, 0.3) is 23.6 Å². The minimum absolute atomic E-state index is 0.0146. The van der Waals surface area contributed by atoms with Crippen LogP contribution in [-0.4, -0.2) is 36.1 Å². The fourth-order valence-electron chi connectivity index (χ4n) is 3.12. The van der Waals surface area contributed by atoms with Gasteiger partial charge in [-0.15, -0.1) is 10.2 Å². The smallest absolute Gasteiger partial charge is 0.321 e. The number of hydrogen-bond acceptors (Lipinski definition) is 8. The van der Waals surface area contributed by atoms with Crippen LogP contribution in [0.1, 0.15) is 11.1 Å². The first-order valence-electron chi connectivity index (χ1n) is 10.6. The van der Waals surface area contributed by atoms with Gasteiger partial charge in [-0.3, -0.25) is 4.79 Å². The molecule has 0 aliphatic heterocycles. The molecule has 7 nitrogen and oxygen atoms in total. The van der Waals surface area contributed by atoms with Gasteiger partial charge in [0.25, 0.3) is 11.1 Å². The Bertz CT molecular complexity index is 1350. The largest absolute Gasteiger partial charge is 0.497 e. The zero-order valence-corrected chi connectivity index (χ0v) is 20.1. The van der Waals surface area contributed by atoms with Gasteiger partial charge in [0, 0.05) is 6.07 Å². The molecule has 0 spiro atoms. The van der Waals surface area contributed by atoms with Crippen molar-refractivity contribution in [1.82, 2.24) is 10.2 Å². The van der Waals surface area contributed by atoms with E-state index in [4.69, 9.17) is 18.6 Å². The summed E-state index contributed by atoms with van der Waals surface area (Å²) in [6, 6.07) is 15.9. The summed E-state index contributed by atoms with van der Waals surface area (Å²) in [4.78, 5) is 12.2. The Labute approximate surface area is 209 Å². The average molecular weight is 511 g/mol. The van der Waals surface area contributed by atoms with E-state index >= 15 is 0 Å². The standard InChI is InChI=1S/C26H20F2N2O5S/c1-32-19-12-17(13-20(14-19)33-2)7-6-16-8-10-18(11-9-16)34-23(31)15-36-26-30-29-25(35-26)24-21(27)4-3-5-22(24)28/h3-14H,15H2,1-2H3/b7-6+. The van der Waals surface area contributed by atoms with Crippen molar-refractivity contribution in [2.45, 2.75) is 5.22 Å². The molecule has 4 rings (SSSR count). The van der Waals surface area contributed by atoms with Gasteiger partial charge in [-0.25, -0.2) is 8.78 Å². The molecule has 0 aliphatic rings. The first kappa shape index (κ1) is 24.9. The second-order valence-corrected chi connectivity index (χ2v) is 8.21. The van der Waals surface area contributed by atoms with Gasteiger partial charge in [-0.1, -0.05) is 42.1 Å². The quantitative estimate of drug-likeness (QED) is 0.119. The molecule has 0 aliphatic carbocycles. The molecule has 36 heavy (non-hydrogen) atoms. The summed E-state index contributed by atoms with van der Waals surface area (Å²) in [6.45, 7) is 0. The SMILES string of the molecule is COc1cc(/C=C/c2ccc(OC(=O)CSc3nnc(-c4c(F)cccc4F)o3)cc2)cc(OC)c1. The molecule has 1 heterocycles. The molecule has 0 fully saturated rings. The fourth-order valence-corrected chi connectivity index (χ4v) is 3.65. The molecular formula is C26H20F2N2O5S. The summed E-state index contributed by atoms with van der Waals surface area (Å²) < 4.78 is 48.9. The Morgan fingerprint density at radius 1 is 0.889 bits per heavy atom. The van der Waals surface area contributed by atoms with E-state index in [0.717, 1.165) is 35.0 Å². The maximum atomic E-state index is 13.9. The highest BCUT2D eigenvalue weighted by Gasteiger charge is 2.18. The van der Waals surface area contributed by atoms with Crippen LogP contribution >= 0.6 is 11.8 Å². The Kier molecular flexibility index (Phi) is 7.96. The minimum Gasteiger partial charge on any atom is -0.497 e. The van der Waals surface area contributed by atoms with Gasteiger partial charge >= 0.3 is 5.97 Å². The van der Waals surface area contributed by atoms with Gasteiger partial charge in [0.1, 0.15) is 40.2 Å². The lowest BCUT2D eigenvalue weighted by Crippen LogP contribution is -2.10. The maximum Gasteiger partial charge on any atom is 0.321 e. The van der Waals surface area contributed by atoms with Gasteiger partial charge < -0.3 is 18.6 Å². The Balaban J connectivity index is 1.32. The number of benzene rings is 3. The monoisotopic (exact) mass is 510 g/mol. The van der Waals surface area contributed by atoms with E-state index < -0.39 is 23.2 Å². The van der Waals surface area contributed by atoms with E-state index in [1.165, 1.54) is 6.07 Å². The number of halogens is 2. The summed E-state index contributed by atoms with van der Waals surface area (Å²) in [5.41, 5.74) is 1.38. The normalized spacial score (nSPS) is 11.0. The topological polar surface area (TPSA) is 83.7 Å². The second-order valence-electron chi connectivity index (χ2n) is 7.28. The van der Waals surface area contributed by atoms with E-state index in [2.05, 4.69) is 10.2 Å². The number of ether oxygens (including phenoxy) is 3. The highest BCUT2D eigenvalue weighted by atomic mass is 32.2. The molecule has 1 aromatic heterocycles. The number of carbonyl (C=O) groups is 1. The lowest BCUT2D eigenvalue weighted by Gasteiger charge is -2.06. The van der Waals surface area contributed by atoms with Crippen molar-refractivity contribution in [3.8, 4) is 28.7 Å². The third-order valence-electron chi connectivity index (χ3n) is 4.85. The molecule has 0 N–H and O–H groups in total. The van der Waals surface area contributed by atoms with Gasteiger partial charge in [0.2, 0.25) is 0 Å². The van der Waals surface area contributed by atoms with Crippen LogP contribution in [-0.2, 0) is 4.79 Å². The zero-order valence-electron chi connectivity index (χ0n) is 19.2. The lowest BCUT2D eigenvalue weighted by molar-refractivity contribution is -0.131. The van der Waals surface area contributed by atoms with E-state index in [1.54, 1.807) is 44.6 Å². The molecule has 3 aromatic carbocycles. The summed E-state index contributed by atoms with van der Waals surface area (Å²) in [5, 5.41) is 7.35. The van der Waals surface area contributed by atoms with Crippen LogP contribution < -0.4 is 14.2 Å². The van der Waals surface area contributed by atoms with Crippen LogP contribution in [0.15, 0.2) is 70.3 Å². The van der Waals surface area contributed by atoms with Crippen molar-refractivity contribution in [2.75, 3.05) is 20.0 Å².